The van der Waals surface area contributed by atoms with Gasteiger partial charge in [0.2, 0.25) is 11.8 Å². The van der Waals surface area contributed by atoms with Gasteiger partial charge in [-0.05, 0) is 69.1 Å². The second kappa shape index (κ2) is 6.59. The molecule has 2 N–H and O–H groups in total. The minimum absolute atomic E-state index is 0.0640. The van der Waals surface area contributed by atoms with Crippen molar-refractivity contribution in [3.8, 4) is 0 Å². The Kier molecular flexibility index (Phi) is 4.57. The molecule has 5 rings (SSSR count). The van der Waals surface area contributed by atoms with Crippen molar-refractivity contribution in [2.45, 2.75) is 89.5 Å². The topological polar surface area (TPSA) is 58.2 Å². The van der Waals surface area contributed by atoms with E-state index in [1.165, 1.54) is 38.5 Å². The standard InChI is InChI=1S/C21H34N2O2/c1-15(24)23-21-12-17-9-18(13-21)11-20(10-17,14-21)19(25)22-8-4-7-16-5-2-3-6-16/h16-18H,2-14H2,1H3,(H,22,25)(H,23,24)/t17-,18+,20?,21?. The van der Waals surface area contributed by atoms with Crippen molar-refractivity contribution in [1.29, 1.82) is 0 Å². The summed E-state index contributed by atoms with van der Waals surface area (Å²) < 4.78 is 0. The van der Waals surface area contributed by atoms with E-state index in [4.69, 9.17) is 0 Å². The quantitative estimate of drug-likeness (QED) is 0.723. The molecule has 4 atom stereocenters. The molecule has 0 aromatic heterocycles. The number of carbonyl (C=O) groups excluding carboxylic acids is 2. The zero-order valence-electron chi connectivity index (χ0n) is 15.7. The van der Waals surface area contributed by atoms with Gasteiger partial charge in [0.05, 0.1) is 5.41 Å². The molecule has 4 heteroatoms. The third kappa shape index (κ3) is 3.46. The summed E-state index contributed by atoms with van der Waals surface area (Å²) in [5.74, 6) is 2.49. The van der Waals surface area contributed by atoms with Crippen molar-refractivity contribution in [1.82, 2.24) is 10.6 Å². The third-order valence-electron chi connectivity index (χ3n) is 7.53. The Labute approximate surface area is 151 Å². The highest BCUT2D eigenvalue weighted by Crippen LogP contribution is 2.61. The number of carbonyl (C=O) groups is 2. The van der Waals surface area contributed by atoms with Crippen LogP contribution >= 0.6 is 0 Å². The van der Waals surface area contributed by atoms with Crippen LogP contribution in [0.1, 0.15) is 84.0 Å². The minimum Gasteiger partial charge on any atom is -0.356 e. The monoisotopic (exact) mass is 346 g/mol. The Morgan fingerprint density at radius 1 is 1.04 bits per heavy atom. The van der Waals surface area contributed by atoms with Crippen LogP contribution in [0, 0.1) is 23.2 Å². The lowest BCUT2D eigenvalue weighted by Crippen LogP contribution is -2.65. The molecule has 4 bridgehead atoms. The van der Waals surface area contributed by atoms with Gasteiger partial charge < -0.3 is 10.6 Å². The highest BCUT2D eigenvalue weighted by atomic mass is 16.2. The summed E-state index contributed by atoms with van der Waals surface area (Å²) in [5.41, 5.74) is -0.309. The first-order valence-corrected chi connectivity index (χ1v) is 10.6. The SMILES string of the molecule is CC(=O)NC12C[C@H]3C[C@@H](C1)CC(C(=O)NCCCC1CCCC1)(C3)C2. The van der Waals surface area contributed by atoms with Crippen LogP contribution in [0.15, 0.2) is 0 Å². The second-order valence-corrected chi connectivity index (χ2v) is 9.75. The van der Waals surface area contributed by atoms with Crippen molar-refractivity contribution in [2.24, 2.45) is 23.2 Å². The van der Waals surface area contributed by atoms with Gasteiger partial charge in [-0.1, -0.05) is 25.7 Å². The first-order chi connectivity index (χ1) is 12.0. The van der Waals surface area contributed by atoms with Gasteiger partial charge in [-0.3, -0.25) is 9.59 Å². The largest absolute Gasteiger partial charge is 0.356 e. The van der Waals surface area contributed by atoms with E-state index in [2.05, 4.69) is 10.6 Å². The molecule has 2 unspecified atom stereocenters. The summed E-state index contributed by atoms with van der Waals surface area (Å²) in [6.07, 6.45) is 14.3. The molecule has 0 aromatic carbocycles. The molecule has 140 valence electrons. The summed E-state index contributed by atoms with van der Waals surface area (Å²) in [6, 6.07) is 0. The third-order valence-corrected chi connectivity index (χ3v) is 7.53. The number of nitrogens with one attached hydrogen (secondary N) is 2. The van der Waals surface area contributed by atoms with Gasteiger partial charge in [0, 0.05) is 19.0 Å². The summed E-state index contributed by atoms with van der Waals surface area (Å²) in [7, 11) is 0. The van der Waals surface area contributed by atoms with Crippen molar-refractivity contribution in [3.63, 3.8) is 0 Å². The molecular weight excluding hydrogens is 312 g/mol. The first-order valence-electron chi connectivity index (χ1n) is 10.6. The molecule has 5 fully saturated rings. The number of rotatable bonds is 6. The fraction of sp³-hybridized carbons (Fsp3) is 0.905. The molecule has 0 aromatic rings. The van der Waals surface area contributed by atoms with Gasteiger partial charge in [0.15, 0.2) is 0 Å². The van der Waals surface area contributed by atoms with Crippen molar-refractivity contribution >= 4 is 11.8 Å². The molecule has 5 aliphatic carbocycles. The zero-order chi connectivity index (χ0) is 17.5. The van der Waals surface area contributed by atoms with E-state index in [1.807, 2.05) is 0 Å². The fourth-order valence-electron chi connectivity index (χ4n) is 7.13. The van der Waals surface area contributed by atoms with E-state index < -0.39 is 0 Å². The van der Waals surface area contributed by atoms with E-state index in [9.17, 15) is 9.59 Å². The Bertz CT molecular complexity index is 524. The Morgan fingerprint density at radius 2 is 1.72 bits per heavy atom. The smallest absolute Gasteiger partial charge is 0.226 e. The summed E-state index contributed by atoms with van der Waals surface area (Å²) >= 11 is 0. The van der Waals surface area contributed by atoms with Crippen LogP contribution < -0.4 is 10.6 Å². The Balaban J connectivity index is 1.35. The summed E-state index contributed by atoms with van der Waals surface area (Å²) in [6.45, 7) is 2.45. The van der Waals surface area contributed by atoms with Gasteiger partial charge in [-0.15, -0.1) is 0 Å². The normalized spacial score (nSPS) is 39.6. The molecule has 0 spiro atoms. The van der Waals surface area contributed by atoms with Crippen molar-refractivity contribution < 1.29 is 9.59 Å². The summed E-state index contributed by atoms with van der Waals surface area (Å²) in [5, 5.41) is 6.54. The lowest BCUT2D eigenvalue weighted by molar-refractivity contribution is -0.153. The van der Waals surface area contributed by atoms with Gasteiger partial charge in [-0.2, -0.15) is 0 Å². The van der Waals surface area contributed by atoms with Crippen LogP contribution in [0.25, 0.3) is 0 Å². The molecule has 0 aliphatic heterocycles. The molecule has 2 amide bonds. The van der Waals surface area contributed by atoms with Crippen LogP contribution in [0.3, 0.4) is 0 Å². The molecule has 25 heavy (non-hydrogen) atoms. The van der Waals surface area contributed by atoms with Gasteiger partial charge in [0.1, 0.15) is 0 Å². The fourth-order valence-corrected chi connectivity index (χ4v) is 7.13. The van der Waals surface area contributed by atoms with E-state index in [0.29, 0.717) is 11.8 Å². The lowest BCUT2D eigenvalue weighted by Gasteiger charge is -2.61. The molecule has 4 nitrogen and oxygen atoms in total. The highest BCUT2D eigenvalue weighted by molar-refractivity contribution is 5.83. The Morgan fingerprint density at radius 3 is 2.36 bits per heavy atom. The number of hydrogen-bond donors (Lipinski definition) is 2. The van der Waals surface area contributed by atoms with E-state index in [1.54, 1.807) is 6.92 Å². The Hall–Kier alpha value is -1.06. The predicted octanol–water partition coefficient (Wildman–Crippen LogP) is 3.55. The molecule has 0 heterocycles. The number of hydrogen-bond acceptors (Lipinski definition) is 2. The van der Waals surface area contributed by atoms with E-state index in [-0.39, 0.29) is 22.8 Å². The first kappa shape index (κ1) is 17.4. The van der Waals surface area contributed by atoms with Crippen LogP contribution in [0.2, 0.25) is 0 Å². The minimum atomic E-state index is -0.208. The molecule has 0 saturated heterocycles. The average molecular weight is 347 g/mol. The summed E-state index contributed by atoms with van der Waals surface area (Å²) in [4.78, 5) is 24.8. The predicted molar refractivity (Wildman–Crippen MR) is 97.9 cm³/mol. The van der Waals surface area contributed by atoms with E-state index >= 15 is 0 Å². The molecule has 5 saturated carbocycles. The zero-order valence-corrected chi connectivity index (χ0v) is 15.7. The van der Waals surface area contributed by atoms with Crippen LogP contribution in [-0.4, -0.2) is 23.9 Å². The van der Waals surface area contributed by atoms with Gasteiger partial charge >= 0.3 is 0 Å². The maximum atomic E-state index is 13.1. The van der Waals surface area contributed by atoms with Crippen LogP contribution in [-0.2, 0) is 9.59 Å². The molecule has 5 aliphatic rings. The highest BCUT2D eigenvalue weighted by Gasteiger charge is 2.60. The molecule has 0 radical (unpaired) electrons. The van der Waals surface area contributed by atoms with Crippen LogP contribution in [0.4, 0.5) is 0 Å². The van der Waals surface area contributed by atoms with Crippen molar-refractivity contribution in [3.05, 3.63) is 0 Å². The van der Waals surface area contributed by atoms with Gasteiger partial charge in [-0.25, -0.2) is 0 Å². The van der Waals surface area contributed by atoms with Crippen molar-refractivity contribution in [2.75, 3.05) is 6.54 Å². The van der Waals surface area contributed by atoms with Crippen LogP contribution in [0.5, 0.6) is 0 Å². The van der Waals surface area contributed by atoms with E-state index in [0.717, 1.165) is 51.0 Å². The number of amides is 2. The maximum absolute atomic E-state index is 13.1. The maximum Gasteiger partial charge on any atom is 0.226 e. The second-order valence-electron chi connectivity index (χ2n) is 9.75. The average Bonchev–Trinajstić information content (AvgIpc) is 3.02. The molecular formula is C21H34N2O2. The lowest BCUT2D eigenvalue weighted by atomic mass is 9.46. The van der Waals surface area contributed by atoms with Gasteiger partial charge in [0.25, 0.3) is 0 Å².